The Kier molecular flexibility index (Phi) is 4.68. The summed E-state index contributed by atoms with van der Waals surface area (Å²) in [4.78, 5) is 16.7. The number of nitrogens with one attached hydrogen (secondary N) is 3. The Morgan fingerprint density at radius 1 is 1.43 bits per heavy atom. The number of carbonyl (C=O) groups is 1. The number of piperidine rings is 1. The lowest BCUT2D eigenvalue weighted by Gasteiger charge is -2.20. The van der Waals surface area contributed by atoms with Crippen molar-refractivity contribution in [2.75, 3.05) is 18.4 Å². The van der Waals surface area contributed by atoms with Crippen LogP contribution in [0.25, 0.3) is 15.8 Å². The minimum absolute atomic E-state index is 0.0489. The molecule has 0 bridgehead atoms. The molecule has 1 fully saturated rings. The van der Waals surface area contributed by atoms with Crippen molar-refractivity contribution in [1.29, 1.82) is 5.41 Å². The highest BCUT2D eigenvalue weighted by molar-refractivity contribution is 7.22. The van der Waals surface area contributed by atoms with Crippen LogP contribution in [-0.2, 0) is 4.79 Å². The van der Waals surface area contributed by atoms with Crippen molar-refractivity contribution in [2.24, 2.45) is 11.7 Å². The molecule has 120 valence electrons. The van der Waals surface area contributed by atoms with E-state index >= 15 is 0 Å². The second-order valence-corrected chi connectivity index (χ2v) is 6.51. The molecule has 2 heterocycles. The van der Waals surface area contributed by atoms with E-state index in [0.29, 0.717) is 10.7 Å². The predicted octanol–water partition coefficient (Wildman–Crippen LogP) is 2.18. The standard InChI is InChI=1S/C16H19N5OS/c17-8-12(9-18)11-1-2-13-14(7-11)23-16(20-13)21-15(22)10-3-5-19-6-4-10/h1-2,7-10,17,19H,3-6,18H2,(H,20,21,22)/b12-9+,17-8?. The number of fused-ring (bicyclic) bond motifs is 1. The average molecular weight is 329 g/mol. The van der Waals surface area contributed by atoms with Crippen LogP contribution in [0.5, 0.6) is 0 Å². The van der Waals surface area contributed by atoms with Crippen molar-refractivity contribution < 1.29 is 4.79 Å². The normalized spacial score (nSPS) is 16.4. The van der Waals surface area contributed by atoms with Crippen LogP contribution in [0.2, 0.25) is 0 Å². The molecule has 3 rings (SSSR count). The Balaban J connectivity index is 1.79. The maximum atomic E-state index is 12.3. The lowest BCUT2D eigenvalue weighted by Crippen LogP contribution is -2.34. The van der Waals surface area contributed by atoms with Gasteiger partial charge in [-0.2, -0.15) is 0 Å². The number of nitrogens with two attached hydrogens (primary N) is 1. The van der Waals surface area contributed by atoms with Crippen molar-refractivity contribution in [2.45, 2.75) is 12.8 Å². The third-order valence-corrected chi connectivity index (χ3v) is 4.93. The number of allylic oxidation sites excluding steroid dienone is 1. The molecule has 0 atom stereocenters. The number of benzene rings is 1. The molecular weight excluding hydrogens is 310 g/mol. The van der Waals surface area contributed by atoms with Gasteiger partial charge in [-0.3, -0.25) is 4.79 Å². The molecule has 1 aromatic heterocycles. The molecule has 0 unspecified atom stereocenters. The second-order valence-electron chi connectivity index (χ2n) is 5.48. The molecule has 0 radical (unpaired) electrons. The smallest absolute Gasteiger partial charge is 0.229 e. The first-order chi connectivity index (χ1) is 11.2. The van der Waals surface area contributed by atoms with Crippen LogP contribution in [0.1, 0.15) is 18.4 Å². The lowest BCUT2D eigenvalue weighted by molar-refractivity contribution is -0.120. The molecule has 0 saturated carbocycles. The number of thiazole rings is 1. The third kappa shape index (κ3) is 3.40. The first-order valence-electron chi connectivity index (χ1n) is 7.56. The molecule has 1 aliphatic heterocycles. The van der Waals surface area contributed by atoms with Crippen LogP contribution >= 0.6 is 11.3 Å². The molecule has 6 nitrogen and oxygen atoms in total. The first-order valence-corrected chi connectivity index (χ1v) is 8.38. The first kappa shape index (κ1) is 15.6. The van der Waals surface area contributed by atoms with E-state index < -0.39 is 0 Å². The summed E-state index contributed by atoms with van der Waals surface area (Å²) in [5.74, 6) is 0.108. The number of aromatic nitrogens is 1. The van der Waals surface area contributed by atoms with Crippen LogP contribution in [0.4, 0.5) is 5.13 Å². The van der Waals surface area contributed by atoms with Gasteiger partial charge < -0.3 is 21.8 Å². The maximum Gasteiger partial charge on any atom is 0.229 e. The summed E-state index contributed by atoms with van der Waals surface area (Å²) < 4.78 is 0.962. The SMILES string of the molecule is N=C/C(=C\N)c1ccc2nc(NC(=O)C3CCNCC3)sc2c1. The molecule has 1 aliphatic rings. The van der Waals surface area contributed by atoms with Gasteiger partial charge in [0.1, 0.15) is 0 Å². The molecule has 23 heavy (non-hydrogen) atoms. The zero-order chi connectivity index (χ0) is 16.2. The molecule has 0 aliphatic carbocycles. The molecule has 1 aromatic carbocycles. The maximum absolute atomic E-state index is 12.3. The fourth-order valence-electron chi connectivity index (χ4n) is 2.68. The number of rotatable bonds is 4. The van der Waals surface area contributed by atoms with E-state index in [-0.39, 0.29) is 11.8 Å². The van der Waals surface area contributed by atoms with Crippen LogP contribution in [-0.4, -0.2) is 30.2 Å². The van der Waals surface area contributed by atoms with Crippen molar-refractivity contribution >= 4 is 44.4 Å². The highest BCUT2D eigenvalue weighted by atomic mass is 32.1. The Bertz CT molecular complexity index is 761. The molecule has 2 aromatic rings. The number of carbonyl (C=O) groups excluding carboxylic acids is 1. The van der Waals surface area contributed by atoms with E-state index in [9.17, 15) is 4.79 Å². The number of amides is 1. The molecule has 1 saturated heterocycles. The molecule has 1 amide bonds. The van der Waals surface area contributed by atoms with E-state index in [4.69, 9.17) is 11.1 Å². The van der Waals surface area contributed by atoms with Gasteiger partial charge in [-0.25, -0.2) is 4.98 Å². The van der Waals surface area contributed by atoms with E-state index in [0.717, 1.165) is 41.7 Å². The zero-order valence-electron chi connectivity index (χ0n) is 12.6. The number of nitrogens with zero attached hydrogens (tertiary/aromatic N) is 1. The van der Waals surface area contributed by atoms with E-state index in [1.165, 1.54) is 23.8 Å². The minimum Gasteiger partial charge on any atom is -0.404 e. The Hall–Kier alpha value is -2.25. The van der Waals surface area contributed by atoms with Crippen molar-refractivity contribution in [3.63, 3.8) is 0 Å². The van der Waals surface area contributed by atoms with E-state index in [1.54, 1.807) is 0 Å². The van der Waals surface area contributed by atoms with Gasteiger partial charge in [-0.1, -0.05) is 17.4 Å². The van der Waals surface area contributed by atoms with Gasteiger partial charge in [-0.05, 0) is 43.6 Å². The Morgan fingerprint density at radius 3 is 2.91 bits per heavy atom. The summed E-state index contributed by atoms with van der Waals surface area (Å²) in [7, 11) is 0. The summed E-state index contributed by atoms with van der Waals surface area (Å²) in [5, 5.41) is 14.2. The van der Waals surface area contributed by atoms with Gasteiger partial charge in [0, 0.05) is 23.9 Å². The third-order valence-electron chi connectivity index (χ3n) is 4.00. The molecule has 0 spiro atoms. The fourth-order valence-corrected chi connectivity index (χ4v) is 3.58. The van der Waals surface area contributed by atoms with Crippen molar-refractivity contribution in [1.82, 2.24) is 10.3 Å². The molecule has 7 heteroatoms. The van der Waals surface area contributed by atoms with Gasteiger partial charge in [-0.15, -0.1) is 0 Å². The minimum atomic E-state index is 0.0489. The second kappa shape index (κ2) is 6.89. The lowest BCUT2D eigenvalue weighted by atomic mass is 9.97. The topological polar surface area (TPSA) is 104 Å². The van der Waals surface area contributed by atoms with Gasteiger partial charge >= 0.3 is 0 Å². The predicted molar refractivity (Wildman–Crippen MR) is 94.8 cm³/mol. The summed E-state index contributed by atoms with van der Waals surface area (Å²) in [6.45, 7) is 1.78. The Labute approximate surface area is 138 Å². The zero-order valence-corrected chi connectivity index (χ0v) is 13.5. The number of anilines is 1. The summed E-state index contributed by atoms with van der Waals surface area (Å²) >= 11 is 1.44. The van der Waals surface area contributed by atoms with Gasteiger partial charge in [0.05, 0.1) is 10.2 Å². The summed E-state index contributed by atoms with van der Waals surface area (Å²) in [6, 6.07) is 5.70. The highest BCUT2D eigenvalue weighted by Crippen LogP contribution is 2.29. The van der Waals surface area contributed by atoms with Crippen molar-refractivity contribution in [3.05, 3.63) is 30.0 Å². The van der Waals surface area contributed by atoms with Crippen molar-refractivity contribution in [3.8, 4) is 0 Å². The highest BCUT2D eigenvalue weighted by Gasteiger charge is 2.21. The number of hydrogen-bond donors (Lipinski definition) is 4. The fraction of sp³-hybridized carbons (Fsp3) is 0.312. The Morgan fingerprint density at radius 2 is 2.22 bits per heavy atom. The van der Waals surface area contributed by atoms with Crippen LogP contribution < -0.4 is 16.4 Å². The number of hydrogen-bond acceptors (Lipinski definition) is 6. The summed E-state index contributed by atoms with van der Waals surface area (Å²) in [5.41, 5.74) is 7.88. The van der Waals surface area contributed by atoms with E-state index in [1.807, 2.05) is 18.2 Å². The van der Waals surface area contributed by atoms with Gasteiger partial charge in [0.25, 0.3) is 0 Å². The van der Waals surface area contributed by atoms with Crippen LogP contribution in [0, 0.1) is 11.3 Å². The van der Waals surface area contributed by atoms with Crippen LogP contribution in [0.15, 0.2) is 24.4 Å². The van der Waals surface area contributed by atoms with Crippen LogP contribution in [0.3, 0.4) is 0 Å². The monoisotopic (exact) mass is 329 g/mol. The largest absolute Gasteiger partial charge is 0.404 e. The molecular formula is C16H19N5OS. The van der Waals surface area contributed by atoms with E-state index in [2.05, 4.69) is 15.6 Å². The van der Waals surface area contributed by atoms with Gasteiger partial charge in [0.15, 0.2) is 5.13 Å². The quantitative estimate of drug-likeness (QED) is 0.645. The summed E-state index contributed by atoms with van der Waals surface area (Å²) in [6.07, 6.45) is 4.37. The molecule has 5 N–H and O–H groups in total. The average Bonchev–Trinajstić information content (AvgIpc) is 2.98. The van der Waals surface area contributed by atoms with Gasteiger partial charge in [0.2, 0.25) is 5.91 Å².